The molecule has 0 unspecified atom stereocenters. The van der Waals surface area contributed by atoms with Gasteiger partial charge in [0.15, 0.2) is 5.82 Å². The number of nitrogens with zero attached hydrogens (tertiary/aromatic N) is 3. The van der Waals surface area contributed by atoms with Crippen molar-refractivity contribution in [3.63, 3.8) is 0 Å². The van der Waals surface area contributed by atoms with Crippen LogP contribution in [0.4, 0.5) is 0 Å². The lowest BCUT2D eigenvalue weighted by atomic mass is 10.3. The van der Waals surface area contributed by atoms with E-state index in [-0.39, 0.29) is 6.42 Å². The third-order valence-electron chi connectivity index (χ3n) is 2.32. The van der Waals surface area contributed by atoms with Crippen LogP contribution in [-0.2, 0) is 17.8 Å². The highest BCUT2D eigenvalue weighted by Gasteiger charge is 2.08. The van der Waals surface area contributed by atoms with Gasteiger partial charge in [-0.25, -0.2) is 0 Å². The van der Waals surface area contributed by atoms with E-state index in [1.165, 1.54) is 0 Å². The van der Waals surface area contributed by atoms with Gasteiger partial charge in [0, 0.05) is 12.8 Å². The highest BCUT2D eigenvalue weighted by molar-refractivity contribution is 5.66. The normalized spacial score (nSPS) is 11.0. The first-order valence-corrected chi connectivity index (χ1v) is 5.83. The summed E-state index contributed by atoms with van der Waals surface area (Å²) in [5.74, 6) is 0.566. The lowest BCUT2D eigenvalue weighted by Gasteiger charge is -2.12. The first-order chi connectivity index (χ1) is 8.11. The molecule has 17 heavy (non-hydrogen) atoms. The Morgan fingerprint density at radius 2 is 2.29 bits per heavy atom. The van der Waals surface area contributed by atoms with Gasteiger partial charge >= 0.3 is 5.97 Å². The zero-order valence-corrected chi connectivity index (χ0v) is 10.3. The Hall–Kier alpha value is -1.43. The van der Waals surface area contributed by atoms with Crippen molar-refractivity contribution in [1.29, 1.82) is 0 Å². The Balaban J connectivity index is 2.29. The molecule has 1 rings (SSSR count). The van der Waals surface area contributed by atoms with Gasteiger partial charge in [0.25, 0.3) is 0 Å². The Morgan fingerprint density at radius 1 is 1.53 bits per heavy atom. The van der Waals surface area contributed by atoms with Crippen LogP contribution >= 0.6 is 0 Å². The van der Waals surface area contributed by atoms with E-state index in [0.717, 1.165) is 12.8 Å². The molecule has 0 aromatic carbocycles. The van der Waals surface area contributed by atoms with E-state index < -0.39 is 5.97 Å². The van der Waals surface area contributed by atoms with Gasteiger partial charge in [-0.15, -0.1) is 0 Å². The molecule has 0 bridgehead atoms. The number of aryl methyl sites for hydroxylation is 1. The minimum Gasteiger partial charge on any atom is -0.481 e. The van der Waals surface area contributed by atoms with Crippen molar-refractivity contribution >= 4 is 5.97 Å². The summed E-state index contributed by atoms with van der Waals surface area (Å²) in [5, 5.41) is 12.4. The van der Waals surface area contributed by atoms with Crippen LogP contribution in [-0.4, -0.2) is 39.7 Å². The fourth-order valence-electron chi connectivity index (χ4n) is 1.49. The number of rotatable bonds is 8. The molecule has 0 saturated carbocycles. The van der Waals surface area contributed by atoms with Crippen molar-refractivity contribution in [3.8, 4) is 0 Å². The van der Waals surface area contributed by atoms with E-state index >= 15 is 0 Å². The predicted octanol–water partition coefficient (Wildman–Crippen LogP) is 1.32. The molecule has 0 spiro atoms. The molecule has 0 amide bonds. The molecule has 0 aliphatic rings. The van der Waals surface area contributed by atoms with Gasteiger partial charge in [0.2, 0.25) is 5.89 Å². The summed E-state index contributed by atoms with van der Waals surface area (Å²) in [6, 6.07) is 0. The highest BCUT2D eigenvalue weighted by Crippen LogP contribution is 2.03. The summed E-state index contributed by atoms with van der Waals surface area (Å²) in [6.45, 7) is 3.36. The number of carboxylic acids is 1. The maximum absolute atomic E-state index is 10.4. The number of aromatic nitrogens is 2. The van der Waals surface area contributed by atoms with Gasteiger partial charge in [-0.3, -0.25) is 9.69 Å². The van der Waals surface area contributed by atoms with E-state index in [9.17, 15) is 4.79 Å². The molecule has 6 nitrogen and oxygen atoms in total. The lowest BCUT2D eigenvalue weighted by Crippen LogP contribution is -2.20. The Bertz CT molecular complexity index is 351. The summed E-state index contributed by atoms with van der Waals surface area (Å²) >= 11 is 0. The molecule has 1 N–H and O–H groups in total. The first kappa shape index (κ1) is 13.6. The monoisotopic (exact) mass is 241 g/mol. The first-order valence-electron chi connectivity index (χ1n) is 5.83. The van der Waals surface area contributed by atoms with Gasteiger partial charge in [0.1, 0.15) is 0 Å². The number of aliphatic carboxylic acids is 1. The van der Waals surface area contributed by atoms with Crippen molar-refractivity contribution in [1.82, 2.24) is 15.0 Å². The maximum Gasteiger partial charge on any atom is 0.303 e. The number of carbonyl (C=O) groups is 1. The zero-order chi connectivity index (χ0) is 12.7. The fraction of sp³-hybridized carbons (Fsp3) is 0.727. The van der Waals surface area contributed by atoms with Crippen LogP contribution in [0.1, 0.15) is 37.9 Å². The topological polar surface area (TPSA) is 79.5 Å². The highest BCUT2D eigenvalue weighted by atomic mass is 16.5. The van der Waals surface area contributed by atoms with Crippen molar-refractivity contribution in [2.75, 3.05) is 13.6 Å². The molecular formula is C11H19N3O3. The van der Waals surface area contributed by atoms with Gasteiger partial charge in [-0.2, -0.15) is 4.98 Å². The molecule has 1 aromatic heterocycles. The number of carboxylic acid groups (broad SMARTS) is 1. The summed E-state index contributed by atoms with van der Waals surface area (Å²) in [7, 11) is 1.91. The van der Waals surface area contributed by atoms with Crippen LogP contribution in [0.3, 0.4) is 0 Å². The lowest BCUT2D eigenvalue weighted by molar-refractivity contribution is -0.137. The molecule has 0 aliphatic heterocycles. The zero-order valence-electron chi connectivity index (χ0n) is 10.3. The Morgan fingerprint density at radius 3 is 2.94 bits per heavy atom. The van der Waals surface area contributed by atoms with E-state index in [1.54, 1.807) is 0 Å². The van der Waals surface area contributed by atoms with E-state index in [2.05, 4.69) is 17.1 Å². The van der Waals surface area contributed by atoms with Crippen LogP contribution in [0, 0.1) is 0 Å². The van der Waals surface area contributed by atoms with Crippen molar-refractivity contribution in [3.05, 3.63) is 11.7 Å². The molecule has 96 valence electrons. The SMILES string of the molecule is CCCc1nc(CN(C)CCCC(=O)O)no1. The van der Waals surface area contributed by atoms with Crippen LogP contribution in [0.15, 0.2) is 4.52 Å². The minimum absolute atomic E-state index is 0.192. The molecule has 0 atom stereocenters. The average molecular weight is 241 g/mol. The van der Waals surface area contributed by atoms with Crippen molar-refractivity contribution in [2.45, 2.75) is 39.2 Å². The summed E-state index contributed by atoms with van der Waals surface area (Å²) in [4.78, 5) is 16.6. The Labute approximate surface area is 101 Å². The molecule has 0 saturated heterocycles. The quantitative estimate of drug-likeness (QED) is 0.739. The summed E-state index contributed by atoms with van der Waals surface area (Å²) in [6.07, 6.45) is 2.61. The largest absolute Gasteiger partial charge is 0.481 e. The number of hydrogen-bond acceptors (Lipinski definition) is 5. The van der Waals surface area contributed by atoms with E-state index in [0.29, 0.717) is 31.2 Å². The third-order valence-corrected chi connectivity index (χ3v) is 2.32. The summed E-state index contributed by atoms with van der Waals surface area (Å²) < 4.78 is 5.07. The number of hydrogen-bond donors (Lipinski definition) is 1. The molecule has 0 fully saturated rings. The van der Waals surface area contributed by atoms with E-state index in [4.69, 9.17) is 9.63 Å². The molecule has 6 heteroatoms. The second kappa shape index (κ2) is 7.01. The van der Waals surface area contributed by atoms with E-state index in [1.807, 2.05) is 11.9 Å². The van der Waals surface area contributed by atoms with Crippen LogP contribution in [0.25, 0.3) is 0 Å². The average Bonchev–Trinajstić information content (AvgIpc) is 2.65. The van der Waals surface area contributed by atoms with Crippen LogP contribution in [0.2, 0.25) is 0 Å². The molecule has 1 heterocycles. The fourth-order valence-corrected chi connectivity index (χ4v) is 1.49. The molecule has 0 radical (unpaired) electrons. The third kappa shape index (κ3) is 5.44. The van der Waals surface area contributed by atoms with Crippen molar-refractivity contribution < 1.29 is 14.4 Å². The Kier molecular flexibility index (Phi) is 5.62. The van der Waals surface area contributed by atoms with Gasteiger partial charge in [-0.05, 0) is 26.4 Å². The minimum atomic E-state index is -0.761. The second-order valence-corrected chi connectivity index (χ2v) is 4.09. The maximum atomic E-state index is 10.4. The molecular weight excluding hydrogens is 222 g/mol. The molecule has 0 aliphatic carbocycles. The van der Waals surface area contributed by atoms with Gasteiger partial charge < -0.3 is 9.63 Å². The second-order valence-electron chi connectivity index (χ2n) is 4.09. The standard InChI is InChI=1S/C11H19N3O3/c1-3-5-10-12-9(13-17-10)8-14(2)7-4-6-11(15)16/h3-8H2,1-2H3,(H,15,16). The van der Waals surface area contributed by atoms with Crippen molar-refractivity contribution in [2.24, 2.45) is 0 Å². The summed E-state index contributed by atoms with van der Waals surface area (Å²) in [5.41, 5.74) is 0. The van der Waals surface area contributed by atoms with Crippen LogP contribution in [0.5, 0.6) is 0 Å². The van der Waals surface area contributed by atoms with Crippen LogP contribution < -0.4 is 0 Å². The predicted molar refractivity (Wildman–Crippen MR) is 61.5 cm³/mol. The van der Waals surface area contributed by atoms with Gasteiger partial charge in [0.05, 0.1) is 6.54 Å². The molecule has 1 aromatic rings. The van der Waals surface area contributed by atoms with Gasteiger partial charge in [-0.1, -0.05) is 12.1 Å². The smallest absolute Gasteiger partial charge is 0.303 e.